The highest BCUT2D eigenvalue weighted by Gasteiger charge is 2.35. The van der Waals surface area contributed by atoms with Crippen molar-refractivity contribution in [1.29, 1.82) is 0 Å². The monoisotopic (exact) mass is 560 g/mol. The van der Waals surface area contributed by atoms with Crippen molar-refractivity contribution in [3.8, 4) is 0 Å². The van der Waals surface area contributed by atoms with Gasteiger partial charge in [-0.2, -0.15) is 0 Å². The third-order valence-corrected chi connectivity index (χ3v) is 7.73. The van der Waals surface area contributed by atoms with E-state index < -0.39 is 17.5 Å². The lowest BCUT2D eigenvalue weighted by Crippen LogP contribution is -2.50. The van der Waals surface area contributed by atoms with Gasteiger partial charge in [-0.3, -0.25) is 14.4 Å². The molecule has 3 atom stereocenters. The third kappa shape index (κ3) is 10.3. The summed E-state index contributed by atoms with van der Waals surface area (Å²) in [6, 6.07) is 19.0. The van der Waals surface area contributed by atoms with Gasteiger partial charge in [0.25, 0.3) is 0 Å². The number of allylic oxidation sites excluding steroid dienone is 2. The minimum atomic E-state index is -0.634. The molecule has 0 unspecified atom stereocenters. The minimum absolute atomic E-state index is 0.00251. The Morgan fingerprint density at radius 2 is 1.44 bits per heavy atom. The van der Waals surface area contributed by atoms with Gasteiger partial charge in [0.1, 0.15) is 6.61 Å². The molecule has 0 aromatic heterocycles. The summed E-state index contributed by atoms with van der Waals surface area (Å²) < 4.78 is 5.77. The van der Waals surface area contributed by atoms with E-state index in [1.165, 1.54) is 0 Å². The second-order valence-electron chi connectivity index (χ2n) is 11.1. The summed E-state index contributed by atoms with van der Waals surface area (Å²) >= 11 is 0. The molecule has 41 heavy (non-hydrogen) atoms. The number of amides is 2. The van der Waals surface area contributed by atoms with Crippen molar-refractivity contribution in [2.75, 3.05) is 13.2 Å². The Morgan fingerprint density at radius 1 is 0.878 bits per heavy atom. The smallest absolute Gasteiger partial charge is 0.309 e. The van der Waals surface area contributed by atoms with Crippen LogP contribution in [-0.4, -0.2) is 47.7 Å². The highest BCUT2D eigenvalue weighted by molar-refractivity contribution is 5.86. The highest BCUT2D eigenvalue weighted by atomic mass is 16.5. The Bertz CT molecular complexity index is 1130. The third-order valence-electron chi connectivity index (χ3n) is 7.73. The first-order chi connectivity index (χ1) is 19.9. The van der Waals surface area contributed by atoms with Gasteiger partial charge in [-0.05, 0) is 49.7 Å². The van der Waals surface area contributed by atoms with Crippen LogP contribution in [0, 0.1) is 11.8 Å². The van der Waals surface area contributed by atoms with Crippen molar-refractivity contribution in [3.05, 3.63) is 97.1 Å². The van der Waals surface area contributed by atoms with Crippen LogP contribution in [0.3, 0.4) is 0 Å². The average Bonchev–Trinajstić information content (AvgIpc) is 3.45. The molecule has 1 aliphatic carbocycles. The molecule has 7 nitrogen and oxygen atoms in total. The summed E-state index contributed by atoms with van der Waals surface area (Å²) in [5, 5.41) is 15.9. The summed E-state index contributed by atoms with van der Waals surface area (Å²) in [5.74, 6) is -1.91. The fourth-order valence-corrected chi connectivity index (χ4v) is 5.46. The standard InChI is InChI=1S/C34H44N2O5/c1-3-13-28(23-31(38)36-34(25-37)19-11-12-20-34)32(39)35-30(22-27-17-9-6-10-18-27)24-41-33(40)29(14-4-2)21-26-15-7-5-8-16-26/h3-10,15-18,28-30,37H,1-2,11-14,19-25H2,(H,35,39)(H,36,38)/t28-,29+,30-/m1/s1. The molecule has 0 saturated heterocycles. The molecule has 1 aliphatic rings. The van der Waals surface area contributed by atoms with Crippen molar-refractivity contribution in [1.82, 2.24) is 10.6 Å². The molecule has 0 spiro atoms. The van der Waals surface area contributed by atoms with E-state index in [0.29, 0.717) is 25.7 Å². The summed E-state index contributed by atoms with van der Waals surface area (Å²) in [6.45, 7) is 7.46. The minimum Gasteiger partial charge on any atom is -0.463 e. The molecule has 2 aromatic carbocycles. The van der Waals surface area contributed by atoms with Crippen LogP contribution < -0.4 is 10.6 Å². The number of benzene rings is 2. The maximum atomic E-state index is 13.4. The van der Waals surface area contributed by atoms with Crippen molar-refractivity contribution < 1.29 is 24.2 Å². The van der Waals surface area contributed by atoms with Crippen molar-refractivity contribution in [3.63, 3.8) is 0 Å². The van der Waals surface area contributed by atoms with Crippen LogP contribution in [0.1, 0.15) is 56.1 Å². The predicted molar refractivity (Wildman–Crippen MR) is 161 cm³/mol. The molecule has 0 aliphatic heterocycles. The van der Waals surface area contributed by atoms with E-state index in [1.54, 1.807) is 12.2 Å². The lowest BCUT2D eigenvalue weighted by Gasteiger charge is -2.29. The van der Waals surface area contributed by atoms with Crippen LogP contribution in [0.15, 0.2) is 86.0 Å². The topological polar surface area (TPSA) is 105 Å². The van der Waals surface area contributed by atoms with Crippen LogP contribution in [0.25, 0.3) is 0 Å². The first-order valence-electron chi connectivity index (χ1n) is 14.6. The number of hydrogen-bond acceptors (Lipinski definition) is 5. The number of hydrogen-bond donors (Lipinski definition) is 3. The van der Waals surface area contributed by atoms with Crippen molar-refractivity contribution in [2.24, 2.45) is 11.8 Å². The zero-order valence-electron chi connectivity index (χ0n) is 23.9. The molecule has 3 N–H and O–H groups in total. The second-order valence-corrected chi connectivity index (χ2v) is 11.1. The van der Waals surface area contributed by atoms with E-state index in [2.05, 4.69) is 23.8 Å². The number of aliphatic hydroxyl groups is 1. The van der Waals surface area contributed by atoms with Gasteiger partial charge in [0.05, 0.1) is 30.0 Å². The van der Waals surface area contributed by atoms with Crippen LogP contribution in [0.4, 0.5) is 0 Å². The first-order valence-corrected chi connectivity index (χ1v) is 14.6. The number of nitrogens with one attached hydrogen (secondary N) is 2. The van der Waals surface area contributed by atoms with E-state index in [0.717, 1.165) is 36.8 Å². The zero-order valence-corrected chi connectivity index (χ0v) is 23.9. The van der Waals surface area contributed by atoms with Crippen LogP contribution in [-0.2, 0) is 32.0 Å². The summed E-state index contributed by atoms with van der Waals surface area (Å²) in [4.78, 5) is 39.5. The van der Waals surface area contributed by atoms with Crippen molar-refractivity contribution >= 4 is 17.8 Å². The predicted octanol–water partition coefficient (Wildman–Crippen LogP) is 4.70. The summed E-state index contributed by atoms with van der Waals surface area (Å²) in [6.07, 6.45) is 8.50. The number of carbonyl (C=O) groups excluding carboxylic acids is 3. The number of ether oxygens (including phenoxy) is 1. The lowest BCUT2D eigenvalue weighted by molar-refractivity contribution is -0.149. The fraction of sp³-hybridized carbons (Fsp3) is 0.441. The molecule has 1 fully saturated rings. The van der Waals surface area contributed by atoms with E-state index in [9.17, 15) is 19.5 Å². The molecule has 0 bridgehead atoms. The molecule has 1 saturated carbocycles. The fourth-order valence-electron chi connectivity index (χ4n) is 5.46. The zero-order chi connectivity index (χ0) is 29.5. The van der Waals surface area contributed by atoms with Gasteiger partial charge in [0.15, 0.2) is 0 Å². The Morgan fingerprint density at radius 3 is 2.00 bits per heavy atom. The summed E-state index contributed by atoms with van der Waals surface area (Å²) in [5.41, 5.74) is 1.43. The van der Waals surface area contributed by atoms with E-state index >= 15 is 0 Å². The van der Waals surface area contributed by atoms with Crippen LogP contribution >= 0.6 is 0 Å². The molecule has 7 heteroatoms. The quantitative estimate of drug-likeness (QED) is 0.192. The van der Waals surface area contributed by atoms with E-state index in [1.807, 2.05) is 60.7 Å². The van der Waals surface area contributed by atoms with E-state index in [-0.39, 0.29) is 43.3 Å². The van der Waals surface area contributed by atoms with Gasteiger partial charge in [0, 0.05) is 6.42 Å². The largest absolute Gasteiger partial charge is 0.463 e. The maximum absolute atomic E-state index is 13.4. The molecule has 3 rings (SSSR count). The molecular formula is C34H44N2O5. The Balaban J connectivity index is 1.67. The van der Waals surface area contributed by atoms with Gasteiger partial charge in [-0.25, -0.2) is 0 Å². The molecule has 2 aromatic rings. The SMILES string of the molecule is C=CC[C@H](CC(=O)NC1(CO)CCCC1)C(=O)N[C@@H](COC(=O)[C@@H](CC=C)Cc1ccccc1)Cc1ccccc1. The van der Waals surface area contributed by atoms with Gasteiger partial charge in [-0.1, -0.05) is 85.7 Å². The van der Waals surface area contributed by atoms with Gasteiger partial charge in [0.2, 0.25) is 11.8 Å². The van der Waals surface area contributed by atoms with Crippen LogP contribution in [0.2, 0.25) is 0 Å². The average molecular weight is 561 g/mol. The van der Waals surface area contributed by atoms with Crippen molar-refractivity contribution in [2.45, 2.75) is 69.4 Å². The highest BCUT2D eigenvalue weighted by Crippen LogP contribution is 2.29. The molecule has 0 heterocycles. The Hall–Kier alpha value is -3.71. The number of rotatable bonds is 17. The molecule has 2 amide bonds. The van der Waals surface area contributed by atoms with Gasteiger partial charge >= 0.3 is 5.97 Å². The maximum Gasteiger partial charge on any atom is 0.309 e. The number of esters is 1. The Labute approximate surface area is 244 Å². The van der Waals surface area contributed by atoms with Crippen LogP contribution in [0.5, 0.6) is 0 Å². The number of aliphatic hydroxyl groups excluding tert-OH is 1. The normalized spacial score (nSPS) is 16.1. The molecule has 0 radical (unpaired) electrons. The second kappa shape index (κ2) is 16.5. The van der Waals surface area contributed by atoms with Gasteiger partial charge in [-0.15, -0.1) is 13.2 Å². The summed E-state index contributed by atoms with van der Waals surface area (Å²) in [7, 11) is 0. The molecular weight excluding hydrogens is 516 g/mol. The first kappa shape index (κ1) is 31.8. The Kier molecular flexibility index (Phi) is 12.8. The molecule has 220 valence electrons. The van der Waals surface area contributed by atoms with Gasteiger partial charge < -0.3 is 20.5 Å². The lowest BCUT2D eigenvalue weighted by atomic mass is 9.95. The van der Waals surface area contributed by atoms with E-state index in [4.69, 9.17) is 4.74 Å². The number of carbonyl (C=O) groups is 3.